The summed E-state index contributed by atoms with van der Waals surface area (Å²) < 4.78 is 6.68. The van der Waals surface area contributed by atoms with Crippen molar-refractivity contribution in [2.24, 2.45) is 0 Å². The van der Waals surface area contributed by atoms with E-state index in [1.54, 1.807) is 23.2 Å². The van der Waals surface area contributed by atoms with Gasteiger partial charge >= 0.3 is 5.97 Å². The van der Waals surface area contributed by atoms with Gasteiger partial charge in [0.1, 0.15) is 0 Å². The predicted octanol–water partition coefficient (Wildman–Crippen LogP) is 3.01. The van der Waals surface area contributed by atoms with E-state index >= 15 is 0 Å². The van der Waals surface area contributed by atoms with Crippen molar-refractivity contribution in [3.8, 4) is 5.69 Å². The molecule has 27 heavy (non-hydrogen) atoms. The van der Waals surface area contributed by atoms with E-state index in [9.17, 15) is 9.59 Å². The summed E-state index contributed by atoms with van der Waals surface area (Å²) in [4.78, 5) is 27.8. The molecular formula is C19H20N4O3S. The topological polar surface area (TPSA) is 86.1 Å². The highest BCUT2D eigenvalue weighted by molar-refractivity contribution is 7.13. The molecule has 3 rings (SSSR count). The maximum Gasteiger partial charge on any atom is 0.311 e. The third-order valence-electron chi connectivity index (χ3n) is 3.73. The molecule has 0 spiro atoms. The van der Waals surface area contributed by atoms with Gasteiger partial charge in [-0.05, 0) is 31.0 Å². The van der Waals surface area contributed by atoms with Crippen LogP contribution in [0.15, 0.2) is 48.1 Å². The lowest BCUT2D eigenvalue weighted by Gasteiger charge is -2.01. The number of esters is 1. The van der Waals surface area contributed by atoms with Crippen LogP contribution in [0.2, 0.25) is 0 Å². The molecule has 1 amide bonds. The van der Waals surface area contributed by atoms with Gasteiger partial charge in [-0.25, -0.2) is 9.67 Å². The number of aromatic nitrogens is 3. The Labute approximate surface area is 161 Å². The number of nitrogens with one attached hydrogen (secondary N) is 1. The summed E-state index contributed by atoms with van der Waals surface area (Å²) in [6.07, 6.45) is 4.70. The van der Waals surface area contributed by atoms with Gasteiger partial charge in [-0.1, -0.05) is 18.2 Å². The Balaban J connectivity index is 1.48. The zero-order valence-corrected chi connectivity index (χ0v) is 15.7. The van der Waals surface area contributed by atoms with Crippen molar-refractivity contribution in [2.75, 3.05) is 11.9 Å². The molecule has 8 heteroatoms. The lowest BCUT2D eigenvalue weighted by Crippen LogP contribution is -2.12. The van der Waals surface area contributed by atoms with Crippen LogP contribution in [0, 0.1) is 0 Å². The number of nitrogens with zero attached hydrogens (tertiary/aromatic N) is 3. The van der Waals surface area contributed by atoms with Crippen LogP contribution in [0.4, 0.5) is 5.13 Å². The number of hydrogen-bond donors (Lipinski definition) is 1. The highest BCUT2D eigenvalue weighted by atomic mass is 32.1. The smallest absolute Gasteiger partial charge is 0.311 e. The number of hydrogen-bond acceptors (Lipinski definition) is 6. The minimum Gasteiger partial charge on any atom is -0.466 e. The fraction of sp³-hybridized carbons (Fsp3) is 0.263. The first kappa shape index (κ1) is 18.8. The van der Waals surface area contributed by atoms with E-state index in [0.29, 0.717) is 30.3 Å². The molecule has 1 aromatic carbocycles. The number of anilines is 1. The van der Waals surface area contributed by atoms with Gasteiger partial charge in [-0.2, -0.15) is 5.10 Å². The summed E-state index contributed by atoms with van der Waals surface area (Å²) in [5, 5.41) is 9.32. The Hall–Kier alpha value is -3.00. The van der Waals surface area contributed by atoms with Crippen molar-refractivity contribution in [1.82, 2.24) is 14.8 Å². The monoisotopic (exact) mass is 384 g/mol. The van der Waals surface area contributed by atoms with Crippen LogP contribution < -0.4 is 5.32 Å². The van der Waals surface area contributed by atoms with E-state index < -0.39 is 0 Å². The first-order valence-corrected chi connectivity index (χ1v) is 9.51. The van der Waals surface area contributed by atoms with Crippen LogP contribution in [0.1, 0.15) is 24.6 Å². The van der Waals surface area contributed by atoms with Gasteiger partial charge in [0, 0.05) is 18.0 Å². The summed E-state index contributed by atoms with van der Waals surface area (Å²) in [5.74, 6) is -0.449. The zero-order valence-electron chi connectivity index (χ0n) is 14.9. The highest BCUT2D eigenvalue weighted by Gasteiger charge is 2.11. The Morgan fingerprint density at radius 2 is 2.07 bits per heavy atom. The van der Waals surface area contributed by atoms with Crippen molar-refractivity contribution in [3.05, 3.63) is 59.4 Å². The number of rotatable bonds is 8. The molecule has 7 nitrogen and oxygen atoms in total. The summed E-state index contributed by atoms with van der Waals surface area (Å²) in [6.45, 7) is 2.10. The molecule has 0 atom stereocenters. The number of carbonyl (C=O) groups excluding carboxylic acids is 2. The molecule has 0 aliphatic rings. The second-order valence-electron chi connectivity index (χ2n) is 5.80. The average molecular weight is 384 g/mol. The molecule has 2 aromatic heterocycles. The van der Waals surface area contributed by atoms with Crippen molar-refractivity contribution in [2.45, 2.75) is 26.2 Å². The molecule has 0 unspecified atom stereocenters. The van der Waals surface area contributed by atoms with Crippen LogP contribution in [0.25, 0.3) is 5.69 Å². The zero-order chi connectivity index (χ0) is 19.1. The van der Waals surface area contributed by atoms with Crippen LogP contribution in [-0.2, 0) is 27.2 Å². The minimum absolute atomic E-state index is 0.110. The van der Waals surface area contributed by atoms with Crippen molar-refractivity contribution in [1.29, 1.82) is 0 Å². The second kappa shape index (κ2) is 9.09. The lowest BCUT2D eigenvalue weighted by molar-refractivity contribution is -0.142. The van der Waals surface area contributed by atoms with E-state index in [0.717, 1.165) is 11.3 Å². The molecule has 0 radical (unpaired) electrons. The Bertz CT molecular complexity index is 905. The minimum atomic E-state index is -0.323. The van der Waals surface area contributed by atoms with Crippen molar-refractivity contribution >= 4 is 28.3 Å². The SMILES string of the molecule is CCOC(=O)Cc1csc(NC(=O)CCc2cnn(-c3ccccc3)c2)n1. The van der Waals surface area contributed by atoms with E-state index in [2.05, 4.69) is 15.4 Å². The summed E-state index contributed by atoms with van der Waals surface area (Å²) in [5.41, 5.74) is 2.55. The van der Waals surface area contributed by atoms with Gasteiger partial charge in [0.25, 0.3) is 0 Å². The van der Waals surface area contributed by atoms with Crippen LogP contribution in [-0.4, -0.2) is 33.2 Å². The Morgan fingerprint density at radius 1 is 1.26 bits per heavy atom. The molecule has 0 saturated carbocycles. The summed E-state index contributed by atoms with van der Waals surface area (Å²) in [6, 6.07) is 9.80. The molecule has 0 aliphatic carbocycles. The second-order valence-corrected chi connectivity index (χ2v) is 6.66. The lowest BCUT2D eigenvalue weighted by atomic mass is 10.2. The van der Waals surface area contributed by atoms with Gasteiger partial charge in [0.15, 0.2) is 5.13 Å². The summed E-state index contributed by atoms with van der Waals surface area (Å²) in [7, 11) is 0. The van der Waals surface area contributed by atoms with Crippen molar-refractivity contribution in [3.63, 3.8) is 0 Å². The third kappa shape index (κ3) is 5.49. The summed E-state index contributed by atoms with van der Waals surface area (Å²) >= 11 is 1.29. The molecule has 3 aromatic rings. The van der Waals surface area contributed by atoms with Gasteiger partial charge in [0.2, 0.25) is 5.91 Å². The predicted molar refractivity (Wildman–Crippen MR) is 103 cm³/mol. The maximum atomic E-state index is 12.1. The van der Waals surface area contributed by atoms with Gasteiger partial charge < -0.3 is 10.1 Å². The van der Waals surface area contributed by atoms with E-state index in [-0.39, 0.29) is 18.3 Å². The van der Waals surface area contributed by atoms with Crippen LogP contribution in [0.5, 0.6) is 0 Å². The maximum absolute atomic E-state index is 12.1. The molecular weight excluding hydrogens is 364 g/mol. The fourth-order valence-electron chi connectivity index (χ4n) is 2.46. The number of carbonyl (C=O) groups is 2. The molecule has 0 saturated heterocycles. The van der Waals surface area contributed by atoms with Crippen LogP contribution >= 0.6 is 11.3 Å². The van der Waals surface area contributed by atoms with Crippen molar-refractivity contribution < 1.29 is 14.3 Å². The molecule has 0 aliphatic heterocycles. The number of ether oxygens (including phenoxy) is 1. The molecule has 2 heterocycles. The number of thiazole rings is 1. The van der Waals surface area contributed by atoms with Crippen LogP contribution in [0.3, 0.4) is 0 Å². The van der Waals surface area contributed by atoms with E-state index in [4.69, 9.17) is 4.74 Å². The average Bonchev–Trinajstić information content (AvgIpc) is 3.30. The highest BCUT2D eigenvalue weighted by Crippen LogP contribution is 2.17. The Morgan fingerprint density at radius 3 is 2.85 bits per heavy atom. The molecule has 140 valence electrons. The van der Waals surface area contributed by atoms with E-state index in [1.165, 1.54) is 11.3 Å². The molecule has 1 N–H and O–H groups in total. The number of para-hydroxylation sites is 1. The normalized spacial score (nSPS) is 10.6. The first-order valence-electron chi connectivity index (χ1n) is 8.63. The molecule has 0 fully saturated rings. The standard InChI is InChI=1S/C19H20N4O3S/c1-2-26-18(25)10-15-13-27-19(21-15)22-17(24)9-8-14-11-20-23(12-14)16-6-4-3-5-7-16/h3-7,11-13H,2,8-10H2,1H3,(H,21,22,24). The number of benzene rings is 1. The third-order valence-corrected chi connectivity index (χ3v) is 4.53. The van der Waals surface area contributed by atoms with Gasteiger partial charge in [-0.15, -0.1) is 11.3 Å². The first-order chi connectivity index (χ1) is 13.1. The van der Waals surface area contributed by atoms with Gasteiger partial charge in [-0.3, -0.25) is 9.59 Å². The number of aryl methyl sites for hydroxylation is 1. The molecule has 0 bridgehead atoms. The van der Waals surface area contributed by atoms with E-state index in [1.807, 2.05) is 36.5 Å². The quantitative estimate of drug-likeness (QED) is 0.604. The number of amides is 1. The van der Waals surface area contributed by atoms with Gasteiger partial charge in [0.05, 0.1) is 30.6 Å². The Kier molecular flexibility index (Phi) is 6.32. The largest absolute Gasteiger partial charge is 0.466 e. The fourth-order valence-corrected chi connectivity index (χ4v) is 3.18.